The van der Waals surface area contributed by atoms with Crippen LogP contribution in [0.25, 0.3) is 0 Å². The molecule has 140 valence electrons. The Kier molecular flexibility index (Phi) is 4.06. The molecule has 6 heteroatoms. The fraction of sp³-hybridized carbons (Fsp3) is 0.947. The lowest BCUT2D eigenvalue weighted by molar-refractivity contribution is -0.185. The highest BCUT2D eigenvalue weighted by Gasteiger charge is 2.67. The second kappa shape index (κ2) is 5.70. The summed E-state index contributed by atoms with van der Waals surface area (Å²) in [6.07, 6.45) is 4.44. The zero-order valence-corrected chi connectivity index (χ0v) is 16.3. The lowest BCUT2D eigenvalue weighted by Crippen LogP contribution is -2.63. The van der Waals surface area contributed by atoms with Crippen LogP contribution in [0.2, 0.25) is 0 Å². The molecule has 2 saturated heterocycles. The third-order valence-corrected chi connectivity index (χ3v) is 7.73. The summed E-state index contributed by atoms with van der Waals surface area (Å²) in [5.41, 5.74) is 6.30. The van der Waals surface area contributed by atoms with Crippen molar-refractivity contribution in [1.82, 2.24) is 4.90 Å². The second-order valence-corrected chi connectivity index (χ2v) is 9.93. The van der Waals surface area contributed by atoms with Gasteiger partial charge in [-0.05, 0) is 55.8 Å². The van der Waals surface area contributed by atoms with Crippen molar-refractivity contribution >= 4 is 13.0 Å². The summed E-state index contributed by atoms with van der Waals surface area (Å²) in [7, 11) is -0.295. The predicted molar refractivity (Wildman–Crippen MR) is 97.7 cm³/mol. The maximum atomic E-state index is 12.8. The minimum Gasteiger partial charge on any atom is -0.404 e. The molecular weight excluding hydrogens is 315 g/mol. The first-order chi connectivity index (χ1) is 11.6. The van der Waals surface area contributed by atoms with Gasteiger partial charge in [-0.3, -0.25) is 4.79 Å². The molecule has 5 nitrogen and oxygen atoms in total. The van der Waals surface area contributed by atoms with E-state index in [4.69, 9.17) is 15.0 Å². The topological polar surface area (TPSA) is 64.8 Å². The lowest BCUT2D eigenvalue weighted by Gasteiger charge is -2.63. The molecule has 5 aliphatic rings. The van der Waals surface area contributed by atoms with E-state index in [9.17, 15) is 4.79 Å². The van der Waals surface area contributed by atoms with Crippen LogP contribution in [0.15, 0.2) is 0 Å². The number of rotatable bonds is 3. The molecule has 0 aromatic heterocycles. The van der Waals surface area contributed by atoms with Gasteiger partial charge < -0.3 is 19.9 Å². The normalized spacial score (nSPS) is 43.2. The predicted octanol–water partition coefficient (Wildman–Crippen LogP) is 2.23. The first kappa shape index (κ1) is 17.8. The van der Waals surface area contributed by atoms with E-state index < -0.39 is 6.04 Å². The highest BCUT2D eigenvalue weighted by molar-refractivity contribution is 6.48. The summed E-state index contributed by atoms with van der Waals surface area (Å²) < 4.78 is 13.0. The van der Waals surface area contributed by atoms with Crippen molar-refractivity contribution in [3.8, 4) is 0 Å². The first-order valence-electron chi connectivity index (χ1n) is 10.0. The quantitative estimate of drug-likeness (QED) is 0.795. The summed E-state index contributed by atoms with van der Waals surface area (Å²) in [5.74, 6) is 1.52. The van der Waals surface area contributed by atoms with Crippen LogP contribution in [0.3, 0.4) is 0 Å². The third kappa shape index (κ3) is 2.51. The summed E-state index contributed by atoms with van der Waals surface area (Å²) in [6.45, 7) is 11.7. The minimum atomic E-state index is -0.438. The molecule has 0 spiro atoms. The number of carbonyl (C=O) groups is 1. The molecule has 1 amide bonds. The van der Waals surface area contributed by atoms with E-state index in [0.717, 1.165) is 31.7 Å². The number of likely N-dealkylation sites (tertiary alicyclic amines) is 1. The van der Waals surface area contributed by atoms with Gasteiger partial charge in [-0.2, -0.15) is 0 Å². The molecule has 5 rings (SSSR count). The van der Waals surface area contributed by atoms with Crippen LogP contribution >= 0.6 is 0 Å². The number of carbonyl (C=O) groups excluding carboxylic acids is 1. The number of amides is 1. The maximum absolute atomic E-state index is 12.8. The summed E-state index contributed by atoms with van der Waals surface area (Å²) in [6, 6.07) is -0.438. The van der Waals surface area contributed by atoms with E-state index in [1.165, 1.54) is 6.42 Å². The molecule has 3 aliphatic carbocycles. The molecule has 6 atom stereocenters. The highest BCUT2D eigenvalue weighted by atomic mass is 16.7. The van der Waals surface area contributed by atoms with Gasteiger partial charge in [0.15, 0.2) is 0 Å². The average Bonchev–Trinajstić information content (AvgIpc) is 3.15. The standard InChI is InChI=1S/C19H33BN2O3/c1-11(2)15(21)17(23)22-8-6-7-14(22)20-24-16-13-9-12(18(13,3)4)10-19(16,5)25-20/h11-16H,6-10,21H2,1-5H3/t12?,13?,14?,15?,16?,19-/m0/s1. The van der Waals surface area contributed by atoms with Gasteiger partial charge in [0, 0.05) is 6.54 Å². The molecule has 2 aliphatic heterocycles. The molecule has 2 N–H and O–H groups in total. The Morgan fingerprint density at radius 3 is 2.68 bits per heavy atom. The fourth-order valence-electron chi connectivity index (χ4n) is 5.73. The molecule has 3 saturated carbocycles. The summed E-state index contributed by atoms with van der Waals surface area (Å²) in [4.78, 5) is 14.7. The van der Waals surface area contributed by atoms with Crippen molar-refractivity contribution in [2.24, 2.45) is 28.9 Å². The van der Waals surface area contributed by atoms with Gasteiger partial charge in [0.1, 0.15) is 0 Å². The summed E-state index contributed by atoms with van der Waals surface area (Å²) >= 11 is 0. The highest BCUT2D eigenvalue weighted by Crippen LogP contribution is 2.64. The van der Waals surface area contributed by atoms with Crippen molar-refractivity contribution in [2.45, 2.75) is 84.0 Å². The number of hydrogen-bond donors (Lipinski definition) is 1. The Hall–Kier alpha value is -0.585. The van der Waals surface area contributed by atoms with Crippen LogP contribution < -0.4 is 5.73 Å². The van der Waals surface area contributed by atoms with Crippen LogP contribution in [-0.4, -0.2) is 48.2 Å². The molecule has 0 radical (unpaired) electrons. The number of nitrogens with zero attached hydrogens (tertiary/aromatic N) is 1. The van der Waals surface area contributed by atoms with Gasteiger partial charge in [-0.25, -0.2) is 0 Å². The Balaban J connectivity index is 1.50. The van der Waals surface area contributed by atoms with E-state index >= 15 is 0 Å². The fourth-order valence-corrected chi connectivity index (χ4v) is 5.73. The molecule has 0 aromatic carbocycles. The van der Waals surface area contributed by atoms with E-state index in [0.29, 0.717) is 11.3 Å². The molecule has 2 heterocycles. The van der Waals surface area contributed by atoms with Crippen molar-refractivity contribution < 1.29 is 14.1 Å². The van der Waals surface area contributed by atoms with Crippen LogP contribution in [0, 0.1) is 23.2 Å². The molecule has 5 fully saturated rings. The lowest BCUT2D eigenvalue weighted by atomic mass is 9.45. The SMILES string of the molecule is CC(C)C(N)C(=O)N1CCCC1B1OC2C3CC(C[C@]2(C)O1)C3(C)C. The van der Waals surface area contributed by atoms with Gasteiger partial charge >= 0.3 is 7.12 Å². The Morgan fingerprint density at radius 2 is 2.04 bits per heavy atom. The Bertz CT molecular complexity index is 569. The van der Waals surface area contributed by atoms with E-state index in [-0.39, 0.29) is 36.6 Å². The minimum absolute atomic E-state index is 0.0139. The van der Waals surface area contributed by atoms with Gasteiger partial charge in [0.05, 0.1) is 23.7 Å². The average molecular weight is 348 g/mol. The van der Waals surface area contributed by atoms with Gasteiger partial charge in [-0.1, -0.05) is 27.7 Å². The van der Waals surface area contributed by atoms with E-state index in [1.54, 1.807) is 0 Å². The number of hydrogen-bond acceptors (Lipinski definition) is 4. The second-order valence-electron chi connectivity index (χ2n) is 9.93. The first-order valence-corrected chi connectivity index (χ1v) is 10.0. The Labute approximate surface area is 152 Å². The molecule has 5 unspecified atom stereocenters. The van der Waals surface area contributed by atoms with Crippen molar-refractivity contribution in [1.29, 1.82) is 0 Å². The third-order valence-electron chi connectivity index (χ3n) is 7.73. The van der Waals surface area contributed by atoms with Gasteiger partial charge in [0.25, 0.3) is 0 Å². The summed E-state index contributed by atoms with van der Waals surface area (Å²) in [5, 5.41) is 0. The number of nitrogens with two attached hydrogens (primary N) is 1. The monoisotopic (exact) mass is 348 g/mol. The van der Waals surface area contributed by atoms with Crippen LogP contribution in [0.4, 0.5) is 0 Å². The van der Waals surface area contributed by atoms with Crippen LogP contribution in [-0.2, 0) is 14.1 Å². The van der Waals surface area contributed by atoms with Crippen LogP contribution in [0.5, 0.6) is 0 Å². The molecule has 25 heavy (non-hydrogen) atoms. The van der Waals surface area contributed by atoms with Crippen molar-refractivity contribution in [2.75, 3.05) is 6.54 Å². The van der Waals surface area contributed by atoms with E-state index in [1.807, 2.05) is 18.7 Å². The zero-order chi connectivity index (χ0) is 18.1. The van der Waals surface area contributed by atoms with E-state index in [2.05, 4.69) is 20.8 Å². The zero-order valence-electron chi connectivity index (χ0n) is 16.3. The van der Waals surface area contributed by atoms with Crippen molar-refractivity contribution in [3.63, 3.8) is 0 Å². The van der Waals surface area contributed by atoms with Gasteiger partial charge in [-0.15, -0.1) is 0 Å². The Morgan fingerprint density at radius 1 is 1.32 bits per heavy atom. The smallest absolute Gasteiger partial charge is 0.404 e. The molecule has 2 bridgehead atoms. The van der Waals surface area contributed by atoms with Crippen LogP contribution in [0.1, 0.15) is 60.3 Å². The molecule has 0 aromatic rings. The molecular formula is C19H33BN2O3. The maximum Gasteiger partial charge on any atom is 0.481 e. The van der Waals surface area contributed by atoms with Crippen molar-refractivity contribution in [3.05, 3.63) is 0 Å². The largest absolute Gasteiger partial charge is 0.481 e. The van der Waals surface area contributed by atoms with Gasteiger partial charge in [0.2, 0.25) is 5.91 Å².